The maximum absolute atomic E-state index is 13.0. The van der Waals surface area contributed by atoms with Crippen LogP contribution in [0.1, 0.15) is 48.7 Å². The van der Waals surface area contributed by atoms with Crippen molar-refractivity contribution in [2.75, 3.05) is 0 Å². The highest BCUT2D eigenvalue weighted by Crippen LogP contribution is 2.40. The third-order valence-corrected chi connectivity index (χ3v) is 4.93. The van der Waals surface area contributed by atoms with Gasteiger partial charge in [0.2, 0.25) is 0 Å². The molecular formula is C23H24O. The monoisotopic (exact) mass is 316 g/mol. The van der Waals surface area contributed by atoms with Gasteiger partial charge in [-0.05, 0) is 44.4 Å². The van der Waals surface area contributed by atoms with Crippen LogP contribution in [0.3, 0.4) is 0 Å². The Morgan fingerprint density at radius 1 is 0.958 bits per heavy atom. The minimum Gasteiger partial charge on any atom is -0.289 e. The van der Waals surface area contributed by atoms with E-state index in [4.69, 9.17) is 0 Å². The average Bonchev–Trinajstić information content (AvgIpc) is 2.55. The molecule has 0 fully saturated rings. The predicted octanol–water partition coefficient (Wildman–Crippen LogP) is 5.80. The summed E-state index contributed by atoms with van der Waals surface area (Å²) in [7, 11) is 0. The second kappa shape index (κ2) is 6.24. The molecule has 0 aromatic heterocycles. The first-order valence-electron chi connectivity index (χ1n) is 8.47. The van der Waals surface area contributed by atoms with Crippen LogP contribution in [0.2, 0.25) is 0 Å². The summed E-state index contributed by atoms with van der Waals surface area (Å²) >= 11 is 0. The molecular weight excluding hydrogens is 292 g/mol. The molecule has 0 saturated heterocycles. The number of carbonyl (C=O) groups is 1. The lowest BCUT2D eigenvalue weighted by molar-refractivity contribution is 0.103. The lowest BCUT2D eigenvalue weighted by atomic mass is 9.70. The number of ketones is 1. The van der Waals surface area contributed by atoms with E-state index < -0.39 is 0 Å². The molecule has 3 rings (SSSR count). The van der Waals surface area contributed by atoms with Gasteiger partial charge in [0.1, 0.15) is 0 Å². The van der Waals surface area contributed by atoms with Crippen molar-refractivity contribution >= 4 is 5.78 Å². The third kappa shape index (κ3) is 2.99. The summed E-state index contributed by atoms with van der Waals surface area (Å²) in [6.07, 6.45) is 3.14. The van der Waals surface area contributed by atoms with Crippen molar-refractivity contribution in [2.45, 2.75) is 39.5 Å². The van der Waals surface area contributed by atoms with Gasteiger partial charge in [0, 0.05) is 16.6 Å². The second-order valence-corrected chi connectivity index (χ2v) is 7.14. The molecule has 2 aromatic rings. The van der Waals surface area contributed by atoms with Crippen LogP contribution in [0.25, 0.3) is 0 Å². The fraction of sp³-hybridized carbons (Fsp3) is 0.261. The molecule has 24 heavy (non-hydrogen) atoms. The number of Topliss-reactive ketones (excluding diaryl/α,β-unsaturated/α-hetero) is 1. The Morgan fingerprint density at radius 2 is 1.67 bits per heavy atom. The highest BCUT2D eigenvalue weighted by Gasteiger charge is 2.32. The Morgan fingerprint density at radius 3 is 2.29 bits per heavy atom. The summed E-state index contributed by atoms with van der Waals surface area (Å²) in [4.78, 5) is 13.0. The van der Waals surface area contributed by atoms with Gasteiger partial charge in [-0.1, -0.05) is 72.7 Å². The Bertz CT molecular complexity index is 839. The van der Waals surface area contributed by atoms with E-state index >= 15 is 0 Å². The van der Waals surface area contributed by atoms with Gasteiger partial charge in [0.05, 0.1) is 0 Å². The van der Waals surface area contributed by atoms with Crippen LogP contribution < -0.4 is 0 Å². The highest BCUT2D eigenvalue weighted by molar-refractivity contribution is 6.12. The van der Waals surface area contributed by atoms with Gasteiger partial charge in [0.15, 0.2) is 5.78 Å². The van der Waals surface area contributed by atoms with Crippen LogP contribution in [-0.4, -0.2) is 5.78 Å². The zero-order chi connectivity index (χ0) is 17.3. The molecule has 1 aliphatic carbocycles. The minimum absolute atomic E-state index is 0.0498. The van der Waals surface area contributed by atoms with E-state index in [-0.39, 0.29) is 11.2 Å². The van der Waals surface area contributed by atoms with Crippen molar-refractivity contribution in [3.05, 3.63) is 94.1 Å². The number of benzene rings is 2. The van der Waals surface area contributed by atoms with Crippen LogP contribution in [0, 0.1) is 6.92 Å². The van der Waals surface area contributed by atoms with Crippen molar-refractivity contribution in [1.82, 2.24) is 0 Å². The fourth-order valence-corrected chi connectivity index (χ4v) is 3.88. The van der Waals surface area contributed by atoms with Gasteiger partial charge in [-0.2, -0.15) is 0 Å². The smallest absolute Gasteiger partial charge is 0.193 e. The zero-order valence-corrected chi connectivity index (χ0v) is 14.9. The molecule has 1 nitrogen and oxygen atoms in total. The first-order chi connectivity index (χ1) is 11.4. The number of hydrogen-bond acceptors (Lipinski definition) is 1. The molecule has 2 aromatic carbocycles. The van der Waals surface area contributed by atoms with Crippen molar-refractivity contribution in [3.8, 4) is 0 Å². The summed E-state index contributed by atoms with van der Waals surface area (Å²) < 4.78 is 0. The van der Waals surface area contributed by atoms with Gasteiger partial charge >= 0.3 is 0 Å². The molecule has 1 aliphatic rings. The number of rotatable bonds is 3. The predicted molar refractivity (Wildman–Crippen MR) is 100 cm³/mol. The standard InChI is InChI=1S/C23H24O/c1-16-9-8-10-19(13-16)22(24)21-17(2)14-23(4,15-18(21)3)20-11-6-5-7-12-20/h5-14H,15H2,1-4H3. The van der Waals surface area contributed by atoms with Crippen molar-refractivity contribution < 1.29 is 4.79 Å². The lowest BCUT2D eigenvalue weighted by Gasteiger charge is -2.33. The quantitative estimate of drug-likeness (QED) is 0.654. The summed E-state index contributed by atoms with van der Waals surface area (Å²) in [5.74, 6) is 0.139. The molecule has 0 spiro atoms. The largest absolute Gasteiger partial charge is 0.289 e. The molecule has 0 aliphatic heterocycles. The molecule has 122 valence electrons. The van der Waals surface area contributed by atoms with E-state index in [0.29, 0.717) is 0 Å². The van der Waals surface area contributed by atoms with Crippen LogP contribution >= 0.6 is 0 Å². The number of carbonyl (C=O) groups excluding carboxylic acids is 1. The van der Waals surface area contributed by atoms with Crippen LogP contribution in [0.15, 0.2) is 77.4 Å². The molecule has 0 amide bonds. The summed E-state index contributed by atoms with van der Waals surface area (Å²) in [5, 5.41) is 0. The van der Waals surface area contributed by atoms with E-state index in [0.717, 1.165) is 28.7 Å². The zero-order valence-electron chi connectivity index (χ0n) is 14.9. The van der Waals surface area contributed by atoms with E-state index in [1.165, 1.54) is 11.1 Å². The molecule has 0 radical (unpaired) electrons. The topological polar surface area (TPSA) is 17.1 Å². The molecule has 0 bridgehead atoms. The minimum atomic E-state index is -0.0498. The SMILES string of the molecule is CC1=CC(C)(c2ccccc2)CC(C)=C1C(=O)c1cccc(C)c1. The normalized spacial score (nSPS) is 20.8. The summed E-state index contributed by atoms with van der Waals surface area (Å²) in [6.45, 7) is 8.44. The van der Waals surface area contributed by atoms with Gasteiger partial charge in [-0.15, -0.1) is 0 Å². The molecule has 0 N–H and O–H groups in total. The molecule has 1 atom stereocenters. The van der Waals surface area contributed by atoms with Crippen LogP contribution in [0.5, 0.6) is 0 Å². The Hall–Kier alpha value is -2.41. The molecule has 1 unspecified atom stereocenters. The Kier molecular flexibility index (Phi) is 4.28. The van der Waals surface area contributed by atoms with Gasteiger partial charge in [-0.25, -0.2) is 0 Å². The van der Waals surface area contributed by atoms with Crippen LogP contribution in [-0.2, 0) is 5.41 Å². The van der Waals surface area contributed by atoms with Gasteiger partial charge < -0.3 is 0 Å². The number of allylic oxidation sites excluding steroid dienone is 4. The van der Waals surface area contributed by atoms with Gasteiger partial charge in [0.25, 0.3) is 0 Å². The number of hydrogen-bond donors (Lipinski definition) is 0. The van der Waals surface area contributed by atoms with E-state index in [9.17, 15) is 4.79 Å². The lowest BCUT2D eigenvalue weighted by Crippen LogP contribution is -2.25. The van der Waals surface area contributed by atoms with E-state index in [1.807, 2.05) is 37.3 Å². The summed E-state index contributed by atoms with van der Waals surface area (Å²) in [5.41, 5.74) is 6.28. The Balaban J connectivity index is 1.99. The fourth-order valence-electron chi connectivity index (χ4n) is 3.88. The van der Waals surface area contributed by atoms with Crippen LogP contribution in [0.4, 0.5) is 0 Å². The summed E-state index contributed by atoms with van der Waals surface area (Å²) in [6, 6.07) is 18.4. The highest BCUT2D eigenvalue weighted by atomic mass is 16.1. The third-order valence-electron chi connectivity index (χ3n) is 4.93. The maximum atomic E-state index is 13.0. The first kappa shape index (κ1) is 16.4. The maximum Gasteiger partial charge on any atom is 0.193 e. The van der Waals surface area contributed by atoms with E-state index in [2.05, 4.69) is 51.1 Å². The Labute approximate surface area is 144 Å². The molecule has 1 heteroatoms. The average molecular weight is 316 g/mol. The van der Waals surface area contributed by atoms with Crippen molar-refractivity contribution in [3.63, 3.8) is 0 Å². The van der Waals surface area contributed by atoms with E-state index in [1.54, 1.807) is 0 Å². The van der Waals surface area contributed by atoms with Gasteiger partial charge in [-0.3, -0.25) is 4.79 Å². The number of aryl methyl sites for hydroxylation is 1. The molecule has 0 heterocycles. The first-order valence-corrected chi connectivity index (χ1v) is 8.47. The second-order valence-electron chi connectivity index (χ2n) is 7.14. The van der Waals surface area contributed by atoms with Crippen molar-refractivity contribution in [2.24, 2.45) is 0 Å². The van der Waals surface area contributed by atoms with Crippen molar-refractivity contribution in [1.29, 1.82) is 0 Å². The molecule has 0 saturated carbocycles.